The van der Waals surface area contributed by atoms with Crippen LogP contribution in [0.25, 0.3) is 0 Å². The molecule has 1 amide bonds. The Morgan fingerprint density at radius 1 is 0.894 bits per heavy atom. The van der Waals surface area contributed by atoms with Crippen molar-refractivity contribution in [2.45, 2.75) is 65.8 Å². The van der Waals surface area contributed by atoms with Crippen LogP contribution in [0.1, 0.15) is 42.4 Å². The Morgan fingerprint density at radius 3 is 1.98 bits per heavy atom. The zero-order valence-electron chi connectivity index (χ0n) is 24.7. The van der Waals surface area contributed by atoms with Gasteiger partial charge in [0.1, 0.15) is 10.6 Å². The predicted octanol–water partition coefficient (Wildman–Crippen LogP) is 4.37. The number of hydrogen-bond donors (Lipinski definition) is 1. The summed E-state index contributed by atoms with van der Waals surface area (Å²) >= 11 is 0. The largest absolute Gasteiger partial charge is 0.435 e. The molecular weight excluding hydrogens is 688 g/mol. The molecule has 2 saturated heterocycles. The molecule has 0 unspecified atom stereocenters. The van der Waals surface area contributed by atoms with Crippen LogP contribution >= 0.6 is 0 Å². The standard InChI is InChI=1S/C29H30F8N2O6S2/c1-46(42,43)38-13-10-25(17-40,11-14-38)24(41)39-15-12-26(47(44,45)21-6-4-20(30)5-7-21)22-8-3-19(16-18(22)2-9-23(26)39)27(31,28(32,33)34)29(35,36)37/h3-8,16,23,40H,2,9-15,17H2,1H3/t23-,26-/m1/s1. The zero-order valence-corrected chi connectivity index (χ0v) is 26.3. The first-order valence-electron chi connectivity index (χ1n) is 14.4. The van der Waals surface area contributed by atoms with Crippen molar-refractivity contribution in [1.29, 1.82) is 0 Å². The summed E-state index contributed by atoms with van der Waals surface area (Å²) in [6, 6.07) is 3.65. The Morgan fingerprint density at radius 2 is 1.47 bits per heavy atom. The normalized spacial score (nSPS) is 24.1. The highest BCUT2D eigenvalue weighted by Gasteiger charge is 2.74. The molecule has 0 saturated carbocycles. The lowest BCUT2D eigenvalue weighted by molar-refractivity contribution is -0.348. The molecule has 2 aromatic rings. The molecule has 0 spiro atoms. The molecule has 3 aliphatic rings. The molecule has 1 aliphatic carbocycles. The summed E-state index contributed by atoms with van der Waals surface area (Å²) < 4.78 is 163. The van der Waals surface area contributed by atoms with E-state index in [1.54, 1.807) is 0 Å². The zero-order chi connectivity index (χ0) is 35.0. The van der Waals surface area contributed by atoms with Gasteiger partial charge >= 0.3 is 18.0 Å². The first kappa shape index (κ1) is 35.5. The quantitative estimate of drug-likeness (QED) is 0.351. The minimum atomic E-state index is -6.41. The van der Waals surface area contributed by atoms with Crippen LogP contribution < -0.4 is 0 Å². The third-order valence-electron chi connectivity index (χ3n) is 9.84. The molecule has 0 radical (unpaired) electrons. The van der Waals surface area contributed by atoms with E-state index in [1.165, 1.54) is 4.90 Å². The predicted molar refractivity (Wildman–Crippen MR) is 150 cm³/mol. The van der Waals surface area contributed by atoms with Crippen molar-refractivity contribution in [3.8, 4) is 0 Å². The third kappa shape index (κ3) is 5.33. The number of halogens is 8. The highest BCUT2D eigenvalue weighted by atomic mass is 32.2. The summed E-state index contributed by atoms with van der Waals surface area (Å²) in [6.45, 7) is -1.20. The summed E-state index contributed by atoms with van der Waals surface area (Å²) in [6.07, 6.45) is -13.0. The fourth-order valence-corrected chi connectivity index (χ4v) is 10.5. The van der Waals surface area contributed by atoms with Gasteiger partial charge < -0.3 is 10.0 Å². The van der Waals surface area contributed by atoms with Gasteiger partial charge in [-0.25, -0.2) is 29.9 Å². The van der Waals surface area contributed by atoms with Gasteiger partial charge in [-0.05, 0) is 67.5 Å². The van der Waals surface area contributed by atoms with Crippen molar-refractivity contribution in [3.63, 3.8) is 0 Å². The van der Waals surface area contributed by atoms with Gasteiger partial charge in [-0.3, -0.25) is 4.79 Å². The van der Waals surface area contributed by atoms with Crippen LogP contribution in [0.15, 0.2) is 47.4 Å². The number of aliphatic hydroxyl groups is 1. The first-order valence-corrected chi connectivity index (χ1v) is 17.7. The van der Waals surface area contributed by atoms with Gasteiger partial charge in [0, 0.05) is 25.2 Å². The van der Waals surface area contributed by atoms with E-state index in [4.69, 9.17) is 0 Å². The van der Waals surface area contributed by atoms with Crippen LogP contribution in [0.4, 0.5) is 35.1 Å². The smallest absolute Gasteiger partial charge is 0.395 e. The molecule has 260 valence electrons. The molecule has 5 rings (SSSR count). The number of likely N-dealkylation sites (tertiary alicyclic amines) is 1. The van der Waals surface area contributed by atoms with Gasteiger partial charge in [-0.15, -0.1) is 0 Å². The van der Waals surface area contributed by atoms with Gasteiger partial charge in [0.05, 0.1) is 29.2 Å². The number of benzene rings is 2. The number of amides is 1. The number of alkyl halides is 7. The van der Waals surface area contributed by atoms with E-state index in [-0.39, 0.29) is 68.9 Å². The number of rotatable bonds is 6. The lowest BCUT2D eigenvalue weighted by Gasteiger charge is -2.46. The Labute approximate surface area is 265 Å². The molecule has 47 heavy (non-hydrogen) atoms. The van der Waals surface area contributed by atoms with Crippen LogP contribution in [0, 0.1) is 11.2 Å². The van der Waals surface area contributed by atoms with Crippen molar-refractivity contribution < 1.29 is 61.9 Å². The van der Waals surface area contributed by atoms with E-state index >= 15 is 4.39 Å². The Balaban J connectivity index is 1.65. The molecular formula is C29H30F8N2O6S2. The molecule has 2 aliphatic heterocycles. The van der Waals surface area contributed by atoms with E-state index in [0.717, 1.165) is 34.8 Å². The number of sulfonamides is 1. The van der Waals surface area contributed by atoms with Crippen LogP contribution in [-0.2, 0) is 41.5 Å². The highest BCUT2D eigenvalue weighted by Crippen LogP contribution is 2.57. The number of nitrogens with zero attached hydrogens (tertiary/aromatic N) is 2. The Bertz CT molecular complexity index is 1760. The summed E-state index contributed by atoms with van der Waals surface area (Å²) in [5.41, 5.74) is -9.58. The maximum Gasteiger partial charge on any atom is 0.435 e. The number of aryl methyl sites for hydroxylation is 1. The fraction of sp³-hybridized carbons (Fsp3) is 0.552. The summed E-state index contributed by atoms with van der Waals surface area (Å²) in [7, 11) is -8.32. The van der Waals surface area contributed by atoms with Gasteiger partial charge in [-0.1, -0.05) is 18.2 Å². The lowest BCUT2D eigenvalue weighted by Crippen LogP contribution is -2.57. The number of aliphatic hydroxyl groups excluding tert-OH is 1. The van der Waals surface area contributed by atoms with Gasteiger partial charge in [0.15, 0.2) is 9.84 Å². The maximum atomic E-state index is 15.0. The monoisotopic (exact) mass is 718 g/mol. The molecule has 1 N–H and O–H groups in total. The van der Waals surface area contributed by atoms with Gasteiger partial charge in [-0.2, -0.15) is 26.3 Å². The number of piperidine rings is 1. The maximum absolute atomic E-state index is 15.0. The molecule has 18 heteroatoms. The van der Waals surface area contributed by atoms with Crippen LogP contribution in [0.5, 0.6) is 0 Å². The Kier molecular flexibility index (Phi) is 8.58. The second-order valence-corrected chi connectivity index (χ2v) is 16.5. The van der Waals surface area contributed by atoms with Crippen LogP contribution in [-0.4, -0.2) is 87.9 Å². The van der Waals surface area contributed by atoms with E-state index in [2.05, 4.69) is 0 Å². The number of carbonyl (C=O) groups is 1. The lowest BCUT2D eigenvalue weighted by atomic mass is 9.75. The van der Waals surface area contributed by atoms with E-state index < -0.39 is 82.9 Å². The topological polar surface area (TPSA) is 112 Å². The molecule has 2 aromatic carbocycles. The summed E-state index contributed by atoms with van der Waals surface area (Å²) in [4.78, 5) is 15.0. The van der Waals surface area contributed by atoms with Crippen molar-refractivity contribution in [2.24, 2.45) is 5.41 Å². The molecule has 2 heterocycles. The molecule has 0 aromatic heterocycles. The van der Waals surface area contributed by atoms with Crippen molar-refractivity contribution in [1.82, 2.24) is 9.21 Å². The van der Waals surface area contributed by atoms with Gasteiger partial charge in [0.25, 0.3) is 0 Å². The number of fused-ring (bicyclic) bond motifs is 3. The first-order chi connectivity index (χ1) is 21.6. The molecule has 8 nitrogen and oxygen atoms in total. The second kappa shape index (κ2) is 11.4. The average Bonchev–Trinajstić information content (AvgIpc) is 3.40. The molecule has 2 atom stereocenters. The number of carbonyl (C=O) groups excluding carboxylic acids is 1. The molecule has 2 fully saturated rings. The summed E-state index contributed by atoms with van der Waals surface area (Å²) in [5, 5.41) is 10.4. The molecule has 0 bridgehead atoms. The number of sulfone groups is 1. The second-order valence-electron chi connectivity index (χ2n) is 12.3. The van der Waals surface area contributed by atoms with Crippen molar-refractivity contribution >= 4 is 25.8 Å². The number of hydrogen-bond acceptors (Lipinski definition) is 6. The fourth-order valence-electron chi connectivity index (χ4n) is 7.29. The van der Waals surface area contributed by atoms with Gasteiger partial charge in [0.2, 0.25) is 15.9 Å². The summed E-state index contributed by atoms with van der Waals surface area (Å²) in [5.74, 6) is -1.48. The average molecular weight is 719 g/mol. The third-order valence-corrected chi connectivity index (χ3v) is 13.7. The van der Waals surface area contributed by atoms with Crippen LogP contribution in [0.3, 0.4) is 0 Å². The van der Waals surface area contributed by atoms with E-state index in [0.29, 0.717) is 12.1 Å². The van der Waals surface area contributed by atoms with Crippen molar-refractivity contribution in [2.75, 3.05) is 32.5 Å². The van der Waals surface area contributed by atoms with E-state index in [9.17, 15) is 57.5 Å². The minimum Gasteiger partial charge on any atom is -0.395 e. The van der Waals surface area contributed by atoms with E-state index in [1.807, 2.05) is 0 Å². The SMILES string of the molecule is CS(=O)(=O)N1CCC(CO)(C(=O)N2CC[C@@]3(S(=O)(=O)c4ccc(F)cc4)c4ccc(C(F)(C(F)(F)F)C(F)(F)F)cc4CC[C@@H]23)CC1. The minimum absolute atomic E-state index is 0.107. The van der Waals surface area contributed by atoms with Crippen LogP contribution in [0.2, 0.25) is 0 Å². The highest BCUT2D eigenvalue weighted by molar-refractivity contribution is 7.92. The Hall–Kier alpha value is -2.83. The van der Waals surface area contributed by atoms with Crippen molar-refractivity contribution in [3.05, 3.63) is 65.0 Å².